The lowest BCUT2D eigenvalue weighted by atomic mass is 9.77. The van der Waals surface area contributed by atoms with Crippen LogP contribution in [0.3, 0.4) is 0 Å². The predicted molar refractivity (Wildman–Crippen MR) is 69.4 cm³/mol. The highest BCUT2D eigenvalue weighted by molar-refractivity contribution is 4.93. The van der Waals surface area contributed by atoms with Crippen molar-refractivity contribution in [1.82, 2.24) is 4.90 Å². The molecule has 1 aliphatic heterocycles. The van der Waals surface area contributed by atoms with Crippen LogP contribution in [0.2, 0.25) is 0 Å². The third kappa shape index (κ3) is 2.98. The molecule has 2 rings (SSSR count). The lowest BCUT2D eigenvalue weighted by Crippen LogP contribution is -2.52. The molecule has 1 aliphatic carbocycles. The molecule has 0 aromatic heterocycles. The zero-order chi connectivity index (χ0) is 11.6. The quantitative estimate of drug-likeness (QED) is 0.798. The third-order valence-electron chi connectivity index (χ3n) is 4.61. The van der Waals surface area contributed by atoms with E-state index in [1.807, 2.05) is 0 Å². The van der Waals surface area contributed by atoms with Crippen LogP contribution in [0.15, 0.2) is 0 Å². The summed E-state index contributed by atoms with van der Waals surface area (Å²) in [6, 6.07) is 0. The molecule has 1 saturated heterocycles. The molecule has 3 atom stereocenters. The largest absolute Gasteiger partial charge is 0.324 e. The van der Waals surface area contributed by atoms with Gasteiger partial charge < -0.3 is 10.6 Å². The fourth-order valence-corrected chi connectivity index (χ4v) is 3.68. The van der Waals surface area contributed by atoms with Crippen LogP contribution in [0.5, 0.6) is 0 Å². The van der Waals surface area contributed by atoms with Gasteiger partial charge in [0.2, 0.25) is 0 Å². The highest BCUT2D eigenvalue weighted by Gasteiger charge is 2.34. The lowest BCUT2D eigenvalue weighted by Gasteiger charge is -2.39. The summed E-state index contributed by atoms with van der Waals surface area (Å²) in [5.41, 5.74) is 6.70. The Morgan fingerprint density at radius 1 is 1.38 bits per heavy atom. The topological polar surface area (TPSA) is 29.3 Å². The molecule has 2 N–H and O–H groups in total. The first-order chi connectivity index (χ1) is 7.61. The van der Waals surface area contributed by atoms with Crippen LogP contribution in [-0.4, -0.2) is 30.1 Å². The van der Waals surface area contributed by atoms with Crippen LogP contribution in [0.4, 0.5) is 0 Å². The summed E-state index contributed by atoms with van der Waals surface area (Å²) in [6.45, 7) is 8.40. The molecule has 1 saturated carbocycles. The summed E-state index contributed by atoms with van der Waals surface area (Å²) in [4.78, 5) is 2.62. The van der Waals surface area contributed by atoms with Gasteiger partial charge in [-0.15, -0.1) is 0 Å². The van der Waals surface area contributed by atoms with E-state index in [9.17, 15) is 0 Å². The average molecular weight is 224 g/mol. The summed E-state index contributed by atoms with van der Waals surface area (Å²) in [6.07, 6.45) is 7.93. The summed E-state index contributed by atoms with van der Waals surface area (Å²) >= 11 is 0. The maximum absolute atomic E-state index is 6.57. The number of rotatable bonds is 3. The van der Waals surface area contributed by atoms with Gasteiger partial charge in [-0.25, -0.2) is 0 Å². The molecule has 0 amide bonds. The zero-order valence-electron chi connectivity index (χ0n) is 11.0. The van der Waals surface area contributed by atoms with Gasteiger partial charge in [0, 0.05) is 18.6 Å². The van der Waals surface area contributed by atoms with Crippen LogP contribution in [0, 0.1) is 11.8 Å². The predicted octanol–water partition coefficient (Wildman–Crippen LogP) is 2.63. The summed E-state index contributed by atoms with van der Waals surface area (Å²) in [7, 11) is 0. The molecule has 16 heavy (non-hydrogen) atoms. The van der Waals surface area contributed by atoms with E-state index in [2.05, 4.69) is 18.7 Å². The van der Waals surface area contributed by atoms with Gasteiger partial charge in [-0.1, -0.05) is 33.1 Å². The van der Waals surface area contributed by atoms with Gasteiger partial charge in [0.15, 0.2) is 0 Å². The zero-order valence-corrected chi connectivity index (χ0v) is 11.0. The van der Waals surface area contributed by atoms with E-state index in [-0.39, 0.29) is 5.54 Å². The second-order valence-corrected chi connectivity index (χ2v) is 6.36. The first-order valence-corrected chi connectivity index (χ1v) is 7.12. The van der Waals surface area contributed by atoms with Crippen molar-refractivity contribution >= 4 is 0 Å². The Morgan fingerprint density at radius 3 is 2.81 bits per heavy atom. The Kier molecular flexibility index (Phi) is 3.91. The minimum Gasteiger partial charge on any atom is -0.324 e. The van der Waals surface area contributed by atoms with E-state index >= 15 is 0 Å². The maximum Gasteiger partial charge on any atom is 0.0285 e. The van der Waals surface area contributed by atoms with Crippen LogP contribution in [0.25, 0.3) is 0 Å². The van der Waals surface area contributed by atoms with Crippen molar-refractivity contribution in [2.75, 3.05) is 19.6 Å². The van der Waals surface area contributed by atoms with Crippen LogP contribution >= 0.6 is 0 Å². The van der Waals surface area contributed by atoms with Crippen LogP contribution < -0.4 is 5.73 Å². The molecule has 2 fully saturated rings. The second-order valence-electron chi connectivity index (χ2n) is 6.36. The third-order valence-corrected chi connectivity index (χ3v) is 4.61. The lowest BCUT2D eigenvalue weighted by molar-refractivity contribution is 0.165. The van der Waals surface area contributed by atoms with Crippen molar-refractivity contribution in [1.29, 1.82) is 0 Å². The van der Waals surface area contributed by atoms with Crippen molar-refractivity contribution < 1.29 is 0 Å². The van der Waals surface area contributed by atoms with Gasteiger partial charge in [0.05, 0.1) is 0 Å². The monoisotopic (exact) mass is 224 g/mol. The number of hydrogen-bond acceptors (Lipinski definition) is 2. The van der Waals surface area contributed by atoms with Gasteiger partial charge in [0.25, 0.3) is 0 Å². The average Bonchev–Trinajstić information content (AvgIpc) is 2.64. The molecule has 2 nitrogen and oxygen atoms in total. The van der Waals surface area contributed by atoms with E-state index in [1.165, 1.54) is 51.6 Å². The number of likely N-dealkylation sites (tertiary alicyclic amines) is 1. The molecule has 0 radical (unpaired) electrons. The van der Waals surface area contributed by atoms with E-state index in [1.54, 1.807) is 0 Å². The van der Waals surface area contributed by atoms with Crippen molar-refractivity contribution in [2.24, 2.45) is 17.6 Å². The summed E-state index contributed by atoms with van der Waals surface area (Å²) in [5.74, 6) is 1.77. The molecule has 0 bridgehead atoms. The number of nitrogens with two attached hydrogens (primary N) is 1. The summed E-state index contributed by atoms with van der Waals surface area (Å²) < 4.78 is 0. The van der Waals surface area contributed by atoms with Gasteiger partial charge in [-0.3, -0.25) is 0 Å². The fraction of sp³-hybridized carbons (Fsp3) is 1.00. The minimum absolute atomic E-state index is 0.125. The standard InChI is InChI=1S/C14H28N2/c1-3-13-6-8-16(10-13)11-14(15)7-4-5-12(2)9-14/h12-13H,3-11,15H2,1-2H3. The molecule has 1 heterocycles. The Labute approximate surface area is 101 Å². The van der Waals surface area contributed by atoms with E-state index in [4.69, 9.17) is 5.73 Å². The highest BCUT2D eigenvalue weighted by atomic mass is 15.2. The van der Waals surface area contributed by atoms with Crippen LogP contribution in [0.1, 0.15) is 52.4 Å². The molecule has 3 unspecified atom stereocenters. The van der Waals surface area contributed by atoms with Crippen molar-refractivity contribution in [3.63, 3.8) is 0 Å². The fourth-order valence-electron chi connectivity index (χ4n) is 3.68. The molecule has 2 heteroatoms. The second kappa shape index (κ2) is 5.05. The smallest absolute Gasteiger partial charge is 0.0285 e. The van der Waals surface area contributed by atoms with E-state index < -0.39 is 0 Å². The van der Waals surface area contributed by atoms with Gasteiger partial charge in [-0.05, 0) is 37.6 Å². The highest BCUT2D eigenvalue weighted by Crippen LogP contribution is 2.32. The Balaban J connectivity index is 1.84. The van der Waals surface area contributed by atoms with Crippen LogP contribution in [-0.2, 0) is 0 Å². The SMILES string of the molecule is CCC1CCN(CC2(N)CCCC(C)C2)C1. The molecular weight excluding hydrogens is 196 g/mol. The van der Waals surface area contributed by atoms with Crippen molar-refractivity contribution in [2.45, 2.75) is 57.9 Å². The molecule has 0 aromatic rings. The number of nitrogens with zero attached hydrogens (tertiary/aromatic N) is 1. The Bertz CT molecular complexity index is 229. The molecule has 94 valence electrons. The maximum atomic E-state index is 6.57. The first kappa shape index (κ1) is 12.4. The van der Waals surface area contributed by atoms with Crippen molar-refractivity contribution in [3.05, 3.63) is 0 Å². The molecule has 0 aromatic carbocycles. The normalized spacial score (nSPS) is 41.4. The van der Waals surface area contributed by atoms with Gasteiger partial charge in [0.1, 0.15) is 0 Å². The van der Waals surface area contributed by atoms with E-state index in [0.717, 1.165) is 18.4 Å². The molecular formula is C14H28N2. The van der Waals surface area contributed by atoms with E-state index in [0.29, 0.717) is 0 Å². The Morgan fingerprint density at radius 2 is 2.19 bits per heavy atom. The first-order valence-electron chi connectivity index (χ1n) is 7.12. The summed E-state index contributed by atoms with van der Waals surface area (Å²) in [5, 5.41) is 0. The minimum atomic E-state index is 0.125. The number of hydrogen-bond donors (Lipinski definition) is 1. The van der Waals surface area contributed by atoms with Crippen molar-refractivity contribution in [3.8, 4) is 0 Å². The van der Waals surface area contributed by atoms with Gasteiger partial charge in [-0.2, -0.15) is 0 Å². The molecule has 2 aliphatic rings. The van der Waals surface area contributed by atoms with Gasteiger partial charge >= 0.3 is 0 Å². The molecule has 0 spiro atoms. The Hall–Kier alpha value is -0.0800.